The maximum absolute atomic E-state index is 5.67. The van der Waals surface area contributed by atoms with Crippen LogP contribution in [-0.2, 0) is 6.54 Å². The Morgan fingerprint density at radius 1 is 1.00 bits per heavy atom. The number of rotatable bonds is 8. The molecule has 2 aromatic rings. The molecule has 2 nitrogen and oxygen atoms in total. The van der Waals surface area contributed by atoms with Crippen molar-refractivity contribution in [1.82, 2.24) is 5.32 Å². The third-order valence-corrected chi connectivity index (χ3v) is 3.97. The van der Waals surface area contributed by atoms with E-state index in [4.69, 9.17) is 4.74 Å². The average molecular weight is 287 g/mol. The van der Waals surface area contributed by atoms with Gasteiger partial charge in [0.25, 0.3) is 0 Å². The molecule has 0 fully saturated rings. The van der Waals surface area contributed by atoms with Crippen LogP contribution < -0.4 is 10.1 Å². The van der Waals surface area contributed by atoms with Crippen molar-refractivity contribution in [1.29, 1.82) is 0 Å². The third kappa shape index (κ3) is 5.27. The molecule has 0 aliphatic carbocycles. The normalized spacial score (nSPS) is 10.4. The fourth-order valence-electron chi connectivity index (χ4n) is 1.86. The summed E-state index contributed by atoms with van der Waals surface area (Å²) < 4.78 is 5.67. The van der Waals surface area contributed by atoms with Gasteiger partial charge < -0.3 is 10.1 Å². The Labute approximate surface area is 125 Å². The molecule has 0 amide bonds. The van der Waals surface area contributed by atoms with Crippen molar-refractivity contribution >= 4 is 11.8 Å². The molecule has 1 N–H and O–H groups in total. The van der Waals surface area contributed by atoms with E-state index in [1.54, 1.807) is 0 Å². The average Bonchev–Trinajstić information content (AvgIpc) is 2.50. The van der Waals surface area contributed by atoms with E-state index in [2.05, 4.69) is 29.6 Å². The highest BCUT2D eigenvalue weighted by Gasteiger charge is 1.96. The lowest BCUT2D eigenvalue weighted by molar-refractivity contribution is 0.319. The number of ether oxygens (including phenoxy) is 1. The van der Waals surface area contributed by atoms with Crippen LogP contribution in [0.4, 0.5) is 0 Å². The lowest BCUT2D eigenvalue weighted by atomic mass is 10.2. The summed E-state index contributed by atoms with van der Waals surface area (Å²) in [7, 11) is 1.97. The van der Waals surface area contributed by atoms with Gasteiger partial charge >= 0.3 is 0 Å². The molecule has 20 heavy (non-hydrogen) atoms. The zero-order chi connectivity index (χ0) is 14.0. The van der Waals surface area contributed by atoms with Crippen molar-refractivity contribution in [3.05, 3.63) is 60.2 Å². The molecule has 2 rings (SSSR count). The van der Waals surface area contributed by atoms with Gasteiger partial charge in [-0.15, -0.1) is 11.8 Å². The van der Waals surface area contributed by atoms with Crippen LogP contribution >= 0.6 is 11.8 Å². The molecule has 0 spiro atoms. The highest BCUT2D eigenvalue weighted by atomic mass is 32.2. The molecule has 106 valence electrons. The molecule has 0 aliphatic rings. The van der Waals surface area contributed by atoms with Gasteiger partial charge in [0.1, 0.15) is 5.75 Å². The molecule has 0 aliphatic heterocycles. The summed E-state index contributed by atoms with van der Waals surface area (Å²) >= 11 is 1.88. The van der Waals surface area contributed by atoms with Crippen LogP contribution in [-0.4, -0.2) is 19.4 Å². The number of nitrogens with one attached hydrogen (secondary N) is 1. The molecule has 0 aromatic heterocycles. The van der Waals surface area contributed by atoms with E-state index < -0.39 is 0 Å². The molecule has 0 bridgehead atoms. The molecule has 0 saturated carbocycles. The summed E-state index contributed by atoms with van der Waals surface area (Å²) in [6, 6.07) is 18.7. The summed E-state index contributed by atoms with van der Waals surface area (Å²) in [5.74, 6) is 2.03. The van der Waals surface area contributed by atoms with Gasteiger partial charge in [-0.05, 0) is 43.3 Å². The first-order chi connectivity index (χ1) is 9.88. The Hall–Kier alpha value is -1.45. The summed E-state index contributed by atoms with van der Waals surface area (Å²) in [6.07, 6.45) is 1.05. The van der Waals surface area contributed by atoms with E-state index in [0.717, 1.165) is 31.1 Å². The first kappa shape index (κ1) is 14.9. The Balaban J connectivity index is 1.63. The lowest BCUT2D eigenvalue weighted by Crippen LogP contribution is -2.04. The largest absolute Gasteiger partial charge is 0.494 e. The van der Waals surface area contributed by atoms with Crippen molar-refractivity contribution in [3.8, 4) is 5.75 Å². The molecule has 0 saturated heterocycles. The van der Waals surface area contributed by atoms with E-state index >= 15 is 0 Å². The monoisotopic (exact) mass is 287 g/mol. The Morgan fingerprint density at radius 2 is 1.75 bits per heavy atom. The zero-order valence-electron chi connectivity index (χ0n) is 11.8. The summed E-state index contributed by atoms with van der Waals surface area (Å²) in [5, 5.41) is 3.16. The highest BCUT2D eigenvalue weighted by Crippen LogP contribution is 2.19. The molecule has 0 unspecified atom stereocenters. The molecule has 3 heteroatoms. The first-order valence-corrected chi connectivity index (χ1v) is 7.91. The van der Waals surface area contributed by atoms with Gasteiger partial charge in [0, 0.05) is 17.2 Å². The van der Waals surface area contributed by atoms with E-state index in [0.29, 0.717) is 0 Å². The van der Waals surface area contributed by atoms with Crippen LogP contribution in [0.25, 0.3) is 0 Å². The Bertz CT molecular complexity index is 484. The minimum atomic E-state index is 0.773. The molecule has 0 heterocycles. The van der Waals surface area contributed by atoms with E-state index in [-0.39, 0.29) is 0 Å². The molecular formula is C17H21NOS. The van der Waals surface area contributed by atoms with Crippen molar-refractivity contribution in [2.45, 2.75) is 17.9 Å². The second kappa shape index (κ2) is 8.67. The van der Waals surface area contributed by atoms with Gasteiger partial charge in [-0.1, -0.05) is 30.3 Å². The van der Waals surface area contributed by atoms with Crippen molar-refractivity contribution in [2.24, 2.45) is 0 Å². The van der Waals surface area contributed by atoms with Gasteiger partial charge in [-0.25, -0.2) is 0 Å². The number of thioether (sulfide) groups is 1. The van der Waals surface area contributed by atoms with E-state index in [9.17, 15) is 0 Å². The lowest BCUT2D eigenvalue weighted by Gasteiger charge is -2.06. The molecule has 2 aromatic carbocycles. The quantitative estimate of drug-likeness (QED) is 0.586. The highest BCUT2D eigenvalue weighted by molar-refractivity contribution is 7.99. The molecule has 0 radical (unpaired) electrons. The van der Waals surface area contributed by atoms with Crippen molar-refractivity contribution in [2.75, 3.05) is 19.4 Å². The third-order valence-electron chi connectivity index (χ3n) is 2.87. The second-order valence-electron chi connectivity index (χ2n) is 4.54. The van der Waals surface area contributed by atoms with Crippen LogP contribution in [0.15, 0.2) is 59.5 Å². The Morgan fingerprint density at radius 3 is 2.45 bits per heavy atom. The van der Waals surface area contributed by atoms with Crippen LogP contribution in [0.1, 0.15) is 12.0 Å². The standard InChI is InChI=1S/C17H21NOS/c1-18-14-15-8-10-17(11-9-15)20-13-5-12-19-16-6-3-2-4-7-16/h2-4,6-11,18H,5,12-14H2,1H3. The van der Waals surface area contributed by atoms with E-state index in [1.807, 2.05) is 49.1 Å². The molecular weight excluding hydrogens is 266 g/mol. The van der Waals surface area contributed by atoms with Crippen LogP contribution in [0, 0.1) is 0 Å². The first-order valence-electron chi connectivity index (χ1n) is 6.92. The SMILES string of the molecule is CNCc1ccc(SCCCOc2ccccc2)cc1. The fraction of sp³-hybridized carbons (Fsp3) is 0.294. The Kier molecular flexibility index (Phi) is 6.48. The number of benzene rings is 2. The summed E-state index contributed by atoms with van der Waals surface area (Å²) in [4.78, 5) is 1.32. The number of hydrogen-bond acceptors (Lipinski definition) is 3. The predicted molar refractivity (Wildman–Crippen MR) is 86.5 cm³/mol. The molecule has 0 atom stereocenters. The van der Waals surface area contributed by atoms with Crippen molar-refractivity contribution < 1.29 is 4.74 Å². The minimum Gasteiger partial charge on any atom is -0.494 e. The number of hydrogen-bond donors (Lipinski definition) is 1. The zero-order valence-corrected chi connectivity index (χ0v) is 12.7. The van der Waals surface area contributed by atoms with Gasteiger partial charge in [0.15, 0.2) is 0 Å². The van der Waals surface area contributed by atoms with Gasteiger partial charge in [-0.3, -0.25) is 0 Å². The second-order valence-corrected chi connectivity index (χ2v) is 5.71. The minimum absolute atomic E-state index is 0.773. The van der Waals surface area contributed by atoms with Crippen LogP contribution in [0.2, 0.25) is 0 Å². The summed E-state index contributed by atoms with van der Waals surface area (Å²) in [5.41, 5.74) is 1.32. The van der Waals surface area contributed by atoms with Gasteiger partial charge in [-0.2, -0.15) is 0 Å². The summed E-state index contributed by atoms with van der Waals surface area (Å²) in [6.45, 7) is 1.70. The topological polar surface area (TPSA) is 21.3 Å². The smallest absolute Gasteiger partial charge is 0.119 e. The van der Waals surface area contributed by atoms with E-state index in [1.165, 1.54) is 10.5 Å². The fourth-order valence-corrected chi connectivity index (χ4v) is 2.69. The van der Waals surface area contributed by atoms with Gasteiger partial charge in [0.05, 0.1) is 6.61 Å². The maximum Gasteiger partial charge on any atom is 0.119 e. The van der Waals surface area contributed by atoms with Gasteiger partial charge in [0.2, 0.25) is 0 Å². The van der Waals surface area contributed by atoms with Crippen LogP contribution in [0.3, 0.4) is 0 Å². The maximum atomic E-state index is 5.67. The predicted octanol–water partition coefficient (Wildman–Crippen LogP) is 3.97. The van der Waals surface area contributed by atoms with Crippen LogP contribution in [0.5, 0.6) is 5.75 Å². The van der Waals surface area contributed by atoms with Crippen molar-refractivity contribution in [3.63, 3.8) is 0 Å². The number of para-hydroxylation sites is 1.